The molecule has 0 bridgehead atoms. The SMILES string of the molecule is Cc1ccc(-n2nc(C)c(NC(=O)CN3CCN(Cc4cc(C)on4)CC3)c2C)cc1. The van der Waals surface area contributed by atoms with Crippen molar-refractivity contribution >= 4 is 11.6 Å². The van der Waals surface area contributed by atoms with Crippen molar-refractivity contribution in [3.63, 3.8) is 0 Å². The first-order valence-corrected chi connectivity index (χ1v) is 10.7. The highest BCUT2D eigenvalue weighted by atomic mass is 16.5. The summed E-state index contributed by atoms with van der Waals surface area (Å²) in [5.74, 6) is 0.830. The first kappa shape index (κ1) is 21.3. The van der Waals surface area contributed by atoms with E-state index < -0.39 is 0 Å². The van der Waals surface area contributed by atoms with Crippen molar-refractivity contribution < 1.29 is 9.32 Å². The lowest BCUT2D eigenvalue weighted by molar-refractivity contribution is -0.117. The van der Waals surface area contributed by atoms with Gasteiger partial charge in [0.05, 0.1) is 35.0 Å². The maximum absolute atomic E-state index is 12.7. The molecule has 1 aliphatic heterocycles. The summed E-state index contributed by atoms with van der Waals surface area (Å²) in [4.78, 5) is 17.3. The van der Waals surface area contributed by atoms with Crippen molar-refractivity contribution in [2.24, 2.45) is 0 Å². The third kappa shape index (κ3) is 5.03. The molecule has 0 atom stereocenters. The molecular formula is C23H30N6O2. The highest BCUT2D eigenvalue weighted by Crippen LogP contribution is 2.23. The lowest BCUT2D eigenvalue weighted by Gasteiger charge is -2.33. The van der Waals surface area contributed by atoms with Crippen molar-refractivity contribution in [3.8, 4) is 5.69 Å². The molecule has 2 aromatic heterocycles. The van der Waals surface area contributed by atoms with E-state index in [1.807, 2.05) is 43.7 Å². The van der Waals surface area contributed by atoms with Crippen LogP contribution in [-0.4, -0.2) is 63.4 Å². The van der Waals surface area contributed by atoms with Crippen LogP contribution in [0.2, 0.25) is 0 Å². The molecule has 8 heteroatoms. The van der Waals surface area contributed by atoms with E-state index in [0.29, 0.717) is 6.54 Å². The molecule has 4 rings (SSSR count). The van der Waals surface area contributed by atoms with Crippen LogP contribution in [0.15, 0.2) is 34.9 Å². The lowest BCUT2D eigenvalue weighted by atomic mass is 10.2. The maximum atomic E-state index is 12.7. The van der Waals surface area contributed by atoms with Crippen LogP contribution in [-0.2, 0) is 11.3 Å². The number of aryl methyl sites for hydroxylation is 3. The summed E-state index contributed by atoms with van der Waals surface area (Å²) in [6.07, 6.45) is 0. The van der Waals surface area contributed by atoms with Gasteiger partial charge in [-0.3, -0.25) is 14.6 Å². The van der Waals surface area contributed by atoms with E-state index >= 15 is 0 Å². The number of nitrogens with one attached hydrogen (secondary N) is 1. The third-order valence-corrected chi connectivity index (χ3v) is 5.73. The normalized spacial score (nSPS) is 15.4. The summed E-state index contributed by atoms with van der Waals surface area (Å²) >= 11 is 0. The molecule has 0 unspecified atom stereocenters. The van der Waals surface area contributed by atoms with E-state index in [1.54, 1.807) is 0 Å². The Hall–Kier alpha value is -2.97. The highest BCUT2D eigenvalue weighted by Gasteiger charge is 2.21. The molecule has 3 aromatic rings. The van der Waals surface area contributed by atoms with Crippen LogP contribution in [0, 0.1) is 27.7 Å². The minimum atomic E-state index is -0.00441. The van der Waals surface area contributed by atoms with Crippen LogP contribution >= 0.6 is 0 Å². The summed E-state index contributed by atoms with van der Waals surface area (Å²) in [6.45, 7) is 12.6. The van der Waals surface area contributed by atoms with Crippen molar-refractivity contribution in [1.29, 1.82) is 0 Å². The summed E-state index contributed by atoms with van der Waals surface area (Å²) in [7, 11) is 0. The Morgan fingerprint density at radius 3 is 2.35 bits per heavy atom. The molecule has 8 nitrogen and oxygen atoms in total. The first-order valence-electron chi connectivity index (χ1n) is 10.7. The Morgan fingerprint density at radius 2 is 1.71 bits per heavy atom. The van der Waals surface area contributed by atoms with E-state index in [4.69, 9.17) is 4.52 Å². The second-order valence-corrected chi connectivity index (χ2v) is 8.32. The van der Waals surface area contributed by atoms with Gasteiger partial charge in [-0.1, -0.05) is 22.9 Å². The average molecular weight is 423 g/mol. The molecular weight excluding hydrogens is 392 g/mol. The minimum Gasteiger partial charge on any atom is -0.361 e. The fourth-order valence-electron chi connectivity index (χ4n) is 3.97. The number of nitrogens with zero attached hydrogens (tertiary/aromatic N) is 5. The maximum Gasteiger partial charge on any atom is 0.238 e. The summed E-state index contributed by atoms with van der Waals surface area (Å²) in [6, 6.07) is 10.2. The Labute approximate surface area is 182 Å². The van der Waals surface area contributed by atoms with Gasteiger partial charge in [-0.2, -0.15) is 5.10 Å². The molecule has 0 aliphatic carbocycles. The smallest absolute Gasteiger partial charge is 0.238 e. The van der Waals surface area contributed by atoms with E-state index in [-0.39, 0.29) is 5.91 Å². The number of hydrogen-bond donors (Lipinski definition) is 1. The van der Waals surface area contributed by atoms with E-state index in [0.717, 1.165) is 66.9 Å². The molecule has 0 radical (unpaired) electrons. The molecule has 1 aromatic carbocycles. The number of carbonyl (C=O) groups is 1. The Balaban J connectivity index is 1.32. The summed E-state index contributed by atoms with van der Waals surface area (Å²) in [5, 5.41) is 11.8. The van der Waals surface area contributed by atoms with Gasteiger partial charge in [0.2, 0.25) is 5.91 Å². The predicted molar refractivity (Wildman–Crippen MR) is 119 cm³/mol. The molecule has 1 saturated heterocycles. The average Bonchev–Trinajstić information content (AvgIpc) is 3.27. The molecule has 31 heavy (non-hydrogen) atoms. The number of amides is 1. The van der Waals surface area contributed by atoms with Gasteiger partial charge in [-0.15, -0.1) is 0 Å². The van der Waals surface area contributed by atoms with E-state index in [2.05, 4.69) is 44.4 Å². The van der Waals surface area contributed by atoms with E-state index in [9.17, 15) is 4.79 Å². The minimum absolute atomic E-state index is 0.00441. The fraction of sp³-hybridized carbons (Fsp3) is 0.435. The van der Waals surface area contributed by atoms with Crippen LogP contribution in [0.1, 0.15) is 28.4 Å². The van der Waals surface area contributed by atoms with Gasteiger partial charge in [0.1, 0.15) is 5.76 Å². The standard InChI is InChI=1S/C23H30N6O2/c1-16-5-7-21(8-6-16)29-19(4)23(18(3)25-29)24-22(30)15-28-11-9-27(10-12-28)14-20-13-17(2)31-26-20/h5-8,13H,9-12,14-15H2,1-4H3,(H,24,30). The monoisotopic (exact) mass is 422 g/mol. The van der Waals surface area contributed by atoms with Gasteiger partial charge in [0.15, 0.2) is 0 Å². The zero-order valence-corrected chi connectivity index (χ0v) is 18.7. The number of carbonyl (C=O) groups excluding carboxylic acids is 1. The molecule has 164 valence electrons. The van der Waals surface area contributed by atoms with Crippen LogP contribution < -0.4 is 5.32 Å². The molecule has 1 aliphatic rings. The zero-order valence-electron chi connectivity index (χ0n) is 18.7. The highest BCUT2D eigenvalue weighted by molar-refractivity contribution is 5.93. The molecule has 0 spiro atoms. The Kier molecular flexibility index (Phi) is 6.20. The molecule has 1 fully saturated rings. The molecule has 3 heterocycles. The second kappa shape index (κ2) is 9.03. The molecule has 0 saturated carbocycles. The van der Waals surface area contributed by atoms with Crippen molar-refractivity contribution in [1.82, 2.24) is 24.7 Å². The molecule has 1 N–H and O–H groups in total. The topological polar surface area (TPSA) is 79.4 Å². The molecule has 1 amide bonds. The first-order chi connectivity index (χ1) is 14.9. The summed E-state index contributed by atoms with van der Waals surface area (Å²) in [5.41, 5.74) is 5.70. The zero-order chi connectivity index (χ0) is 22.0. The fourth-order valence-corrected chi connectivity index (χ4v) is 3.97. The van der Waals surface area contributed by atoms with Crippen LogP contribution in [0.3, 0.4) is 0 Å². The lowest BCUT2D eigenvalue weighted by Crippen LogP contribution is -2.48. The number of hydrogen-bond acceptors (Lipinski definition) is 6. The number of piperazine rings is 1. The number of anilines is 1. The predicted octanol–water partition coefficient (Wildman–Crippen LogP) is 2.85. The van der Waals surface area contributed by atoms with Gasteiger partial charge in [0, 0.05) is 38.8 Å². The van der Waals surface area contributed by atoms with Crippen molar-refractivity contribution in [2.45, 2.75) is 34.2 Å². The number of aromatic nitrogens is 3. The van der Waals surface area contributed by atoms with Gasteiger partial charge >= 0.3 is 0 Å². The largest absolute Gasteiger partial charge is 0.361 e. The third-order valence-electron chi connectivity index (χ3n) is 5.73. The van der Waals surface area contributed by atoms with Crippen molar-refractivity contribution in [3.05, 3.63) is 58.7 Å². The number of rotatable bonds is 6. The van der Waals surface area contributed by atoms with Gasteiger partial charge in [-0.05, 0) is 39.8 Å². The quantitative estimate of drug-likeness (QED) is 0.658. The van der Waals surface area contributed by atoms with Crippen LogP contribution in [0.4, 0.5) is 5.69 Å². The van der Waals surface area contributed by atoms with Gasteiger partial charge in [-0.25, -0.2) is 4.68 Å². The van der Waals surface area contributed by atoms with Crippen LogP contribution in [0.5, 0.6) is 0 Å². The van der Waals surface area contributed by atoms with Gasteiger partial charge < -0.3 is 9.84 Å². The van der Waals surface area contributed by atoms with Gasteiger partial charge in [0.25, 0.3) is 0 Å². The Morgan fingerprint density at radius 1 is 1.03 bits per heavy atom. The Bertz CT molecular complexity index is 1040. The summed E-state index contributed by atoms with van der Waals surface area (Å²) < 4.78 is 7.03. The van der Waals surface area contributed by atoms with E-state index in [1.165, 1.54) is 5.56 Å². The second-order valence-electron chi connectivity index (χ2n) is 8.32. The number of benzene rings is 1. The van der Waals surface area contributed by atoms with Crippen molar-refractivity contribution in [2.75, 3.05) is 38.0 Å². The van der Waals surface area contributed by atoms with Crippen LogP contribution in [0.25, 0.3) is 5.69 Å².